The lowest BCUT2D eigenvalue weighted by molar-refractivity contribution is -0.127. The molecule has 7 nitrogen and oxygen atoms in total. The maximum absolute atomic E-state index is 13.0. The van der Waals surface area contributed by atoms with Gasteiger partial charge in [-0.05, 0) is 44.9 Å². The van der Waals surface area contributed by atoms with E-state index in [0.29, 0.717) is 38.5 Å². The van der Waals surface area contributed by atoms with Crippen LogP contribution in [-0.4, -0.2) is 62.6 Å². The zero-order valence-electron chi connectivity index (χ0n) is 20.9. The summed E-state index contributed by atoms with van der Waals surface area (Å²) >= 11 is 0. The van der Waals surface area contributed by atoms with Crippen molar-refractivity contribution in [2.45, 2.75) is 27.7 Å². The topological polar surface area (TPSA) is 80.1 Å². The van der Waals surface area contributed by atoms with E-state index in [1.807, 2.05) is 26.8 Å². The van der Waals surface area contributed by atoms with Crippen LogP contribution in [0.25, 0.3) is 27.7 Å². The van der Waals surface area contributed by atoms with Gasteiger partial charge in [0.25, 0.3) is 0 Å². The normalized spacial score (nSPS) is 15.6. The number of carbonyl (C=O) groups excluding carboxylic acids is 1. The fraction of sp³-hybridized carbons (Fsp3) is 0.370. The Hall–Kier alpha value is -3.10. The number of hydrogen-bond acceptors (Lipinski definition) is 5. The average Bonchev–Trinajstić information content (AvgIpc) is 3.25. The molecule has 2 aromatic carbocycles. The van der Waals surface area contributed by atoms with Crippen molar-refractivity contribution in [3.8, 4) is 16.9 Å². The summed E-state index contributed by atoms with van der Waals surface area (Å²) in [6.45, 7) is 9.69. The van der Waals surface area contributed by atoms with Gasteiger partial charge in [0, 0.05) is 54.3 Å². The van der Waals surface area contributed by atoms with E-state index in [4.69, 9.17) is 9.15 Å². The van der Waals surface area contributed by atoms with E-state index in [1.54, 1.807) is 17.2 Å². The van der Waals surface area contributed by atoms with Gasteiger partial charge in [0.05, 0.1) is 19.1 Å². The van der Waals surface area contributed by atoms with Gasteiger partial charge in [-0.25, -0.2) is 8.42 Å². The number of rotatable bonds is 6. The molecule has 1 aliphatic rings. The van der Waals surface area contributed by atoms with E-state index in [1.165, 1.54) is 16.1 Å². The molecule has 1 saturated heterocycles. The molecular weight excluding hydrogens is 464 g/mol. The van der Waals surface area contributed by atoms with Crippen LogP contribution in [0.1, 0.15) is 30.5 Å². The molecule has 0 N–H and O–H groups in total. The number of allylic oxidation sites excluding steroid dienone is 1. The molecule has 2 heterocycles. The van der Waals surface area contributed by atoms with Crippen molar-refractivity contribution in [1.82, 2.24) is 9.21 Å². The van der Waals surface area contributed by atoms with Gasteiger partial charge < -0.3 is 14.1 Å². The van der Waals surface area contributed by atoms with Crippen LogP contribution in [0.5, 0.6) is 5.75 Å². The highest BCUT2D eigenvalue weighted by atomic mass is 32.2. The molecule has 186 valence electrons. The first kappa shape index (κ1) is 25.0. The standard InChI is InChI=1S/C27H32N2O5S/c1-6-33-26-20(4)27-23(24(17-34-27)21-9-7-18(2)8-10-21)16-22(26)19(3)15-25(30)28-11-13-29(14-12-28)35(5,31)32/h7-10,15-17H,6,11-14H2,1-5H3/b19-15+. The summed E-state index contributed by atoms with van der Waals surface area (Å²) in [5.41, 5.74) is 6.52. The maximum Gasteiger partial charge on any atom is 0.246 e. The first-order valence-electron chi connectivity index (χ1n) is 11.8. The van der Waals surface area contributed by atoms with E-state index in [-0.39, 0.29) is 5.91 Å². The number of fused-ring (bicyclic) bond motifs is 1. The van der Waals surface area contributed by atoms with Crippen molar-refractivity contribution < 1.29 is 22.4 Å². The Morgan fingerprint density at radius 1 is 1.11 bits per heavy atom. The van der Waals surface area contributed by atoms with Crippen molar-refractivity contribution in [2.24, 2.45) is 0 Å². The molecule has 35 heavy (non-hydrogen) atoms. The number of sulfonamides is 1. The molecule has 0 aliphatic carbocycles. The van der Waals surface area contributed by atoms with E-state index in [9.17, 15) is 13.2 Å². The minimum Gasteiger partial charge on any atom is -0.493 e. The van der Waals surface area contributed by atoms with Gasteiger partial charge >= 0.3 is 0 Å². The lowest BCUT2D eigenvalue weighted by Gasteiger charge is -2.32. The Morgan fingerprint density at radius 3 is 2.37 bits per heavy atom. The van der Waals surface area contributed by atoms with Crippen LogP contribution in [-0.2, 0) is 14.8 Å². The molecule has 0 atom stereocenters. The van der Waals surface area contributed by atoms with Crippen LogP contribution in [0.3, 0.4) is 0 Å². The van der Waals surface area contributed by atoms with Crippen molar-refractivity contribution in [3.63, 3.8) is 0 Å². The van der Waals surface area contributed by atoms with E-state index < -0.39 is 10.0 Å². The van der Waals surface area contributed by atoms with E-state index >= 15 is 0 Å². The summed E-state index contributed by atoms with van der Waals surface area (Å²) in [6.07, 6.45) is 4.58. The number of nitrogens with zero attached hydrogens (tertiary/aromatic N) is 2. The number of amides is 1. The molecule has 1 aliphatic heterocycles. The van der Waals surface area contributed by atoms with Crippen LogP contribution < -0.4 is 4.74 Å². The van der Waals surface area contributed by atoms with Crippen LogP contribution >= 0.6 is 0 Å². The van der Waals surface area contributed by atoms with Crippen molar-refractivity contribution in [2.75, 3.05) is 39.0 Å². The highest BCUT2D eigenvalue weighted by molar-refractivity contribution is 7.88. The molecule has 1 fully saturated rings. The van der Waals surface area contributed by atoms with Gasteiger partial charge in [-0.15, -0.1) is 0 Å². The molecule has 8 heteroatoms. The molecule has 0 radical (unpaired) electrons. The third kappa shape index (κ3) is 5.13. The zero-order chi connectivity index (χ0) is 25.3. The largest absolute Gasteiger partial charge is 0.493 e. The number of piperazine rings is 1. The lowest BCUT2D eigenvalue weighted by Crippen LogP contribution is -2.49. The summed E-state index contributed by atoms with van der Waals surface area (Å²) in [5.74, 6) is 0.565. The van der Waals surface area contributed by atoms with Gasteiger partial charge in [0.1, 0.15) is 11.3 Å². The van der Waals surface area contributed by atoms with Crippen LogP contribution in [0, 0.1) is 13.8 Å². The summed E-state index contributed by atoms with van der Waals surface area (Å²) in [7, 11) is -3.25. The second kappa shape index (κ2) is 9.87. The molecule has 0 unspecified atom stereocenters. The van der Waals surface area contributed by atoms with Gasteiger partial charge in [0.15, 0.2) is 0 Å². The molecule has 1 amide bonds. The zero-order valence-corrected chi connectivity index (χ0v) is 21.7. The summed E-state index contributed by atoms with van der Waals surface area (Å²) in [5, 5.41) is 0.965. The second-order valence-corrected chi connectivity index (χ2v) is 11.0. The number of hydrogen-bond donors (Lipinski definition) is 0. The lowest BCUT2D eigenvalue weighted by atomic mass is 9.96. The summed E-state index contributed by atoms with van der Waals surface area (Å²) in [6, 6.07) is 10.3. The van der Waals surface area contributed by atoms with E-state index in [2.05, 4.69) is 31.2 Å². The van der Waals surface area contributed by atoms with Crippen LogP contribution in [0.4, 0.5) is 0 Å². The number of furan rings is 1. The minimum atomic E-state index is -3.25. The molecule has 1 aromatic heterocycles. The van der Waals surface area contributed by atoms with Gasteiger partial charge in [0.2, 0.25) is 15.9 Å². The molecular formula is C27H32N2O5S. The molecule has 0 saturated carbocycles. The summed E-state index contributed by atoms with van der Waals surface area (Å²) in [4.78, 5) is 14.7. The van der Waals surface area contributed by atoms with Crippen LogP contribution in [0.15, 0.2) is 47.1 Å². The Kier molecular flexibility index (Phi) is 7.05. The van der Waals surface area contributed by atoms with Crippen molar-refractivity contribution >= 4 is 32.5 Å². The number of aryl methyl sites for hydroxylation is 2. The molecule has 0 bridgehead atoms. The number of ether oxygens (including phenoxy) is 1. The Balaban J connectivity index is 1.70. The molecule has 0 spiro atoms. The van der Waals surface area contributed by atoms with Crippen molar-refractivity contribution in [3.05, 3.63) is 59.4 Å². The Bertz CT molecular complexity index is 1380. The predicted octanol–water partition coefficient (Wildman–Crippen LogP) is 4.62. The third-order valence-corrected chi connectivity index (χ3v) is 7.78. The molecule has 3 aromatic rings. The fourth-order valence-corrected chi connectivity index (χ4v) is 5.32. The van der Waals surface area contributed by atoms with Crippen LogP contribution in [0.2, 0.25) is 0 Å². The van der Waals surface area contributed by atoms with Gasteiger partial charge in [-0.1, -0.05) is 29.8 Å². The van der Waals surface area contributed by atoms with Crippen molar-refractivity contribution in [1.29, 1.82) is 0 Å². The quantitative estimate of drug-likeness (QED) is 0.465. The highest BCUT2D eigenvalue weighted by Gasteiger charge is 2.26. The fourth-order valence-electron chi connectivity index (χ4n) is 4.49. The Labute approximate surface area is 207 Å². The number of carbonyl (C=O) groups is 1. The van der Waals surface area contributed by atoms with Gasteiger partial charge in [-0.3, -0.25) is 4.79 Å². The predicted molar refractivity (Wildman–Crippen MR) is 139 cm³/mol. The average molecular weight is 497 g/mol. The smallest absolute Gasteiger partial charge is 0.246 e. The monoisotopic (exact) mass is 496 g/mol. The maximum atomic E-state index is 13.0. The second-order valence-electron chi connectivity index (χ2n) is 9.02. The first-order chi connectivity index (χ1) is 16.6. The minimum absolute atomic E-state index is 0.137. The molecule has 4 rings (SSSR count). The summed E-state index contributed by atoms with van der Waals surface area (Å²) < 4.78 is 36.9. The van der Waals surface area contributed by atoms with Gasteiger partial charge in [-0.2, -0.15) is 4.31 Å². The highest BCUT2D eigenvalue weighted by Crippen LogP contribution is 2.40. The third-order valence-electron chi connectivity index (χ3n) is 6.48. The SMILES string of the molecule is CCOc1c(/C(C)=C/C(=O)N2CCN(S(C)(=O)=O)CC2)cc2c(-c3ccc(C)cc3)coc2c1C. The first-order valence-corrected chi connectivity index (χ1v) is 13.6. The Morgan fingerprint density at radius 2 is 1.77 bits per heavy atom. The van der Waals surface area contributed by atoms with E-state index in [0.717, 1.165) is 38.8 Å². The number of benzene rings is 2.